The average molecular weight is 370 g/mol. The summed E-state index contributed by atoms with van der Waals surface area (Å²) < 4.78 is 7.44. The first-order valence-corrected chi connectivity index (χ1v) is 9.53. The molecule has 1 aromatic carbocycles. The van der Waals surface area contributed by atoms with E-state index in [4.69, 9.17) is 4.42 Å². The minimum Gasteiger partial charge on any atom is -0.461 e. The third-order valence-corrected chi connectivity index (χ3v) is 5.12. The Bertz CT molecular complexity index is 842. The summed E-state index contributed by atoms with van der Waals surface area (Å²) in [4.78, 5) is 14.4. The van der Waals surface area contributed by atoms with Crippen LogP contribution >= 0.6 is 11.8 Å². The second-order valence-electron chi connectivity index (χ2n) is 5.73. The van der Waals surface area contributed by atoms with E-state index in [2.05, 4.69) is 10.2 Å². The SMILES string of the molecule is CCN(CC)C(=O)C(C)Sc1nnc(-c2ccco2)n1-c1ccccc1. The summed E-state index contributed by atoms with van der Waals surface area (Å²) in [6.07, 6.45) is 1.61. The Morgan fingerprint density at radius 1 is 1.15 bits per heavy atom. The molecule has 1 unspecified atom stereocenters. The molecule has 0 fully saturated rings. The molecule has 7 heteroatoms. The van der Waals surface area contributed by atoms with Gasteiger partial charge in [-0.25, -0.2) is 0 Å². The fourth-order valence-corrected chi connectivity index (χ4v) is 3.67. The number of aromatic nitrogens is 3. The van der Waals surface area contributed by atoms with Crippen molar-refractivity contribution in [2.75, 3.05) is 13.1 Å². The quantitative estimate of drug-likeness (QED) is 0.591. The average Bonchev–Trinajstić information content (AvgIpc) is 3.32. The number of para-hydroxylation sites is 1. The van der Waals surface area contributed by atoms with Crippen molar-refractivity contribution in [2.24, 2.45) is 0 Å². The highest BCUT2D eigenvalue weighted by Gasteiger charge is 2.24. The molecule has 0 spiro atoms. The van der Waals surface area contributed by atoms with Gasteiger partial charge in [-0.05, 0) is 45.0 Å². The summed E-state index contributed by atoms with van der Waals surface area (Å²) in [5.41, 5.74) is 0.925. The maximum Gasteiger partial charge on any atom is 0.235 e. The topological polar surface area (TPSA) is 64.2 Å². The standard InChI is InChI=1S/C19H22N4O2S/c1-4-22(5-2)18(24)14(3)26-19-21-20-17(16-12-9-13-25-16)23(19)15-10-7-6-8-11-15/h6-14H,4-5H2,1-3H3. The molecular formula is C19H22N4O2S. The lowest BCUT2D eigenvalue weighted by Gasteiger charge is -2.22. The predicted octanol–water partition coefficient (Wildman–Crippen LogP) is 3.88. The Balaban J connectivity index is 1.96. The molecular weight excluding hydrogens is 348 g/mol. The van der Waals surface area contributed by atoms with Crippen molar-refractivity contribution < 1.29 is 9.21 Å². The molecule has 1 amide bonds. The lowest BCUT2D eigenvalue weighted by molar-refractivity contribution is -0.129. The molecule has 0 N–H and O–H groups in total. The van der Waals surface area contributed by atoms with Crippen molar-refractivity contribution in [1.29, 1.82) is 0 Å². The monoisotopic (exact) mass is 370 g/mol. The van der Waals surface area contributed by atoms with Gasteiger partial charge in [-0.1, -0.05) is 30.0 Å². The summed E-state index contributed by atoms with van der Waals surface area (Å²) in [7, 11) is 0. The van der Waals surface area contributed by atoms with Crippen LogP contribution in [0.4, 0.5) is 0 Å². The van der Waals surface area contributed by atoms with Gasteiger partial charge in [0.2, 0.25) is 11.7 Å². The first-order chi connectivity index (χ1) is 12.7. The van der Waals surface area contributed by atoms with Crippen molar-refractivity contribution in [3.05, 3.63) is 48.7 Å². The van der Waals surface area contributed by atoms with Gasteiger partial charge >= 0.3 is 0 Å². The van der Waals surface area contributed by atoms with Gasteiger partial charge in [0.25, 0.3) is 0 Å². The van der Waals surface area contributed by atoms with Crippen LogP contribution in [-0.2, 0) is 4.79 Å². The summed E-state index contributed by atoms with van der Waals surface area (Å²) >= 11 is 1.41. The molecule has 0 radical (unpaired) electrons. The normalized spacial score (nSPS) is 12.1. The van der Waals surface area contributed by atoms with Crippen LogP contribution in [0.5, 0.6) is 0 Å². The molecule has 3 aromatic rings. The maximum atomic E-state index is 12.6. The van der Waals surface area contributed by atoms with E-state index in [1.54, 1.807) is 6.26 Å². The van der Waals surface area contributed by atoms with E-state index in [1.807, 2.05) is 72.7 Å². The molecule has 26 heavy (non-hydrogen) atoms. The van der Waals surface area contributed by atoms with Gasteiger partial charge in [0.05, 0.1) is 11.5 Å². The van der Waals surface area contributed by atoms with Crippen LogP contribution in [-0.4, -0.2) is 43.9 Å². The second kappa shape index (κ2) is 8.23. The van der Waals surface area contributed by atoms with E-state index in [1.165, 1.54) is 11.8 Å². The first-order valence-electron chi connectivity index (χ1n) is 8.65. The van der Waals surface area contributed by atoms with Gasteiger partial charge in [0, 0.05) is 18.8 Å². The molecule has 0 aliphatic heterocycles. The van der Waals surface area contributed by atoms with Crippen LogP contribution in [0.3, 0.4) is 0 Å². The summed E-state index contributed by atoms with van der Waals surface area (Å²) in [6, 6.07) is 13.5. The predicted molar refractivity (Wildman–Crippen MR) is 102 cm³/mol. The van der Waals surface area contributed by atoms with Gasteiger partial charge in [-0.3, -0.25) is 9.36 Å². The molecule has 2 aromatic heterocycles. The Morgan fingerprint density at radius 3 is 2.50 bits per heavy atom. The van der Waals surface area contributed by atoms with Gasteiger partial charge in [0.1, 0.15) is 0 Å². The molecule has 0 aliphatic carbocycles. The molecule has 0 saturated carbocycles. The Morgan fingerprint density at radius 2 is 1.88 bits per heavy atom. The highest BCUT2D eigenvalue weighted by Crippen LogP contribution is 2.30. The number of benzene rings is 1. The first kappa shape index (κ1) is 18.3. The number of furan rings is 1. The van der Waals surface area contributed by atoms with Gasteiger partial charge in [0.15, 0.2) is 10.9 Å². The lowest BCUT2D eigenvalue weighted by atomic mass is 10.3. The summed E-state index contributed by atoms with van der Waals surface area (Å²) in [6.45, 7) is 7.27. The third kappa shape index (κ3) is 3.67. The van der Waals surface area contributed by atoms with Crippen LogP contribution in [0.1, 0.15) is 20.8 Å². The van der Waals surface area contributed by atoms with E-state index in [9.17, 15) is 4.79 Å². The van der Waals surface area contributed by atoms with Crippen LogP contribution in [0.15, 0.2) is 58.3 Å². The van der Waals surface area contributed by atoms with Crippen LogP contribution in [0.25, 0.3) is 17.3 Å². The Labute approximate surface area is 157 Å². The summed E-state index contributed by atoms with van der Waals surface area (Å²) in [5, 5.41) is 9.04. The molecule has 0 saturated heterocycles. The smallest absolute Gasteiger partial charge is 0.235 e. The van der Waals surface area contributed by atoms with Gasteiger partial charge in [-0.2, -0.15) is 0 Å². The Kier molecular flexibility index (Phi) is 5.78. The number of thioether (sulfide) groups is 1. The zero-order valence-corrected chi connectivity index (χ0v) is 15.9. The number of amides is 1. The number of nitrogens with zero attached hydrogens (tertiary/aromatic N) is 4. The van der Waals surface area contributed by atoms with Crippen molar-refractivity contribution in [3.8, 4) is 17.3 Å². The minimum absolute atomic E-state index is 0.0992. The molecule has 136 valence electrons. The number of carbonyl (C=O) groups excluding carboxylic acids is 1. The van der Waals surface area contributed by atoms with E-state index in [0.717, 1.165) is 5.69 Å². The molecule has 6 nitrogen and oxygen atoms in total. The fourth-order valence-electron chi connectivity index (χ4n) is 2.72. The second-order valence-corrected chi connectivity index (χ2v) is 7.03. The fraction of sp³-hybridized carbons (Fsp3) is 0.316. The van der Waals surface area contributed by atoms with Gasteiger partial charge in [-0.15, -0.1) is 10.2 Å². The highest BCUT2D eigenvalue weighted by atomic mass is 32.2. The van der Waals surface area contributed by atoms with Crippen LogP contribution in [0.2, 0.25) is 0 Å². The molecule has 0 aliphatic rings. The molecule has 1 atom stereocenters. The molecule has 2 heterocycles. The van der Waals surface area contributed by atoms with Crippen molar-refractivity contribution in [3.63, 3.8) is 0 Å². The van der Waals surface area contributed by atoms with E-state index >= 15 is 0 Å². The zero-order valence-electron chi connectivity index (χ0n) is 15.1. The van der Waals surface area contributed by atoms with Gasteiger partial charge < -0.3 is 9.32 Å². The minimum atomic E-state index is -0.258. The molecule has 3 rings (SSSR count). The van der Waals surface area contributed by atoms with E-state index in [0.29, 0.717) is 29.8 Å². The van der Waals surface area contributed by atoms with E-state index in [-0.39, 0.29) is 11.2 Å². The summed E-state index contributed by atoms with van der Waals surface area (Å²) in [5.74, 6) is 1.35. The van der Waals surface area contributed by atoms with Crippen molar-refractivity contribution in [2.45, 2.75) is 31.2 Å². The van der Waals surface area contributed by atoms with E-state index < -0.39 is 0 Å². The third-order valence-electron chi connectivity index (χ3n) is 4.09. The van der Waals surface area contributed by atoms with Crippen molar-refractivity contribution >= 4 is 17.7 Å². The largest absolute Gasteiger partial charge is 0.461 e. The lowest BCUT2D eigenvalue weighted by Crippen LogP contribution is -2.36. The van der Waals surface area contributed by atoms with Crippen LogP contribution in [0, 0.1) is 0 Å². The number of hydrogen-bond acceptors (Lipinski definition) is 5. The number of carbonyl (C=O) groups is 1. The van der Waals surface area contributed by atoms with Crippen molar-refractivity contribution in [1.82, 2.24) is 19.7 Å². The number of rotatable bonds is 7. The Hall–Kier alpha value is -2.54. The highest BCUT2D eigenvalue weighted by molar-refractivity contribution is 8.00. The number of hydrogen-bond donors (Lipinski definition) is 0. The zero-order chi connectivity index (χ0) is 18.5. The van der Waals surface area contributed by atoms with Crippen LogP contribution < -0.4 is 0 Å². The molecule has 0 bridgehead atoms. The maximum absolute atomic E-state index is 12.6.